The van der Waals surface area contributed by atoms with Crippen molar-refractivity contribution in [2.24, 2.45) is 0 Å². The molecule has 0 bridgehead atoms. The van der Waals surface area contributed by atoms with Crippen molar-refractivity contribution >= 4 is 21.9 Å². The summed E-state index contributed by atoms with van der Waals surface area (Å²) in [6.07, 6.45) is 2.00. The first-order valence-corrected chi connectivity index (χ1v) is 6.11. The van der Waals surface area contributed by atoms with Crippen LogP contribution in [0.2, 0.25) is 0 Å². The zero-order chi connectivity index (χ0) is 12.6. The molecule has 0 unspecified atom stereocenters. The number of hydrogen-bond acceptors (Lipinski definition) is 3. The highest BCUT2D eigenvalue weighted by atomic mass is 79.9. The molecule has 2 rings (SSSR count). The second kappa shape index (κ2) is 4.22. The Labute approximate surface area is 107 Å². The summed E-state index contributed by atoms with van der Waals surface area (Å²) in [5.41, 5.74) is -0.470. The van der Waals surface area contributed by atoms with E-state index in [-0.39, 0.29) is 5.75 Å². The molecule has 0 aliphatic heterocycles. The molecule has 1 fully saturated rings. The Bertz CT molecular complexity index is 466. The number of carbonyl (C=O) groups is 1. The molecule has 0 atom stereocenters. The minimum absolute atomic E-state index is 0.0212. The van der Waals surface area contributed by atoms with E-state index in [0.29, 0.717) is 28.6 Å². The summed E-state index contributed by atoms with van der Waals surface area (Å²) in [5, 5.41) is 19.3. The van der Waals surface area contributed by atoms with Crippen molar-refractivity contribution in [1.82, 2.24) is 0 Å². The Balaban J connectivity index is 2.52. The monoisotopic (exact) mass is 300 g/mol. The van der Waals surface area contributed by atoms with Gasteiger partial charge in [-0.25, -0.2) is 0 Å². The summed E-state index contributed by atoms with van der Waals surface area (Å²) in [5.74, 6) is -0.408. The molecule has 5 heteroatoms. The second-order valence-electron chi connectivity index (χ2n) is 4.24. The number of benzene rings is 1. The van der Waals surface area contributed by atoms with Crippen LogP contribution in [-0.2, 0) is 10.2 Å². The van der Waals surface area contributed by atoms with Gasteiger partial charge in [-0.2, -0.15) is 0 Å². The molecule has 0 spiro atoms. The first kappa shape index (κ1) is 12.2. The molecular weight excluding hydrogens is 288 g/mol. The van der Waals surface area contributed by atoms with Crippen molar-refractivity contribution in [3.05, 3.63) is 22.2 Å². The molecule has 1 aliphatic carbocycles. The quantitative estimate of drug-likeness (QED) is 0.900. The van der Waals surface area contributed by atoms with E-state index in [9.17, 15) is 15.0 Å². The Morgan fingerprint density at radius 1 is 1.47 bits per heavy atom. The van der Waals surface area contributed by atoms with Crippen molar-refractivity contribution in [2.75, 3.05) is 7.11 Å². The van der Waals surface area contributed by atoms with E-state index in [0.717, 1.165) is 6.42 Å². The first-order valence-electron chi connectivity index (χ1n) is 5.31. The summed E-state index contributed by atoms with van der Waals surface area (Å²) in [6, 6.07) is 3.09. The van der Waals surface area contributed by atoms with Gasteiger partial charge in [0.1, 0.15) is 11.5 Å². The number of halogens is 1. The van der Waals surface area contributed by atoms with Gasteiger partial charge in [-0.1, -0.05) is 6.42 Å². The van der Waals surface area contributed by atoms with E-state index in [1.807, 2.05) is 0 Å². The number of carboxylic acid groups (broad SMARTS) is 1. The maximum Gasteiger partial charge on any atom is 0.314 e. The molecule has 0 amide bonds. The lowest BCUT2D eigenvalue weighted by molar-refractivity contribution is -0.147. The largest absolute Gasteiger partial charge is 0.507 e. The third kappa shape index (κ3) is 1.78. The molecule has 0 radical (unpaired) electrons. The van der Waals surface area contributed by atoms with Crippen LogP contribution in [-0.4, -0.2) is 23.3 Å². The van der Waals surface area contributed by atoms with Crippen LogP contribution in [0.3, 0.4) is 0 Å². The predicted octanol–water partition coefficient (Wildman–Crippen LogP) is 2.67. The standard InChI is InChI=1S/C12H13BrO4/c1-17-10-6-9(14)7(5-8(10)13)12(11(15)16)3-2-4-12/h5-6,14H,2-4H2,1H3,(H,15,16). The summed E-state index contributed by atoms with van der Waals surface area (Å²) >= 11 is 3.31. The SMILES string of the molecule is COc1cc(O)c(C2(C(=O)O)CCC2)cc1Br. The van der Waals surface area contributed by atoms with Gasteiger partial charge in [0.05, 0.1) is 17.0 Å². The molecule has 1 saturated carbocycles. The summed E-state index contributed by atoms with van der Waals surface area (Å²) in [4.78, 5) is 11.4. The minimum Gasteiger partial charge on any atom is -0.507 e. The van der Waals surface area contributed by atoms with E-state index in [1.54, 1.807) is 6.07 Å². The van der Waals surface area contributed by atoms with E-state index in [2.05, 4.69) is 15.9 Å². The van der Waals surface area contributed by atoms with Crippen molar-refractivity contribution < 1.29 is 19.7 Å². The topological polar surface area (TPSA) is 66.8 Å². The first-order chi connectivity index (χ1) is 8.01. The molecule has 17 heavy (non-hydrogen) atoms. The van der Waals surface area contributed by atoms with Crippen LogP contribution < -0.4 is 4.74 Å². The number of aromatic hydroxyl groups is 1. The molecule has 92 valence electrons. The van der Waals surface area contributed by atoms with Gasteiger partial charge in [0.25, 0.3) is 0 Å². The van der Waals surface area contributed by atoms with Gasteiger partial charge in [0.2, 0.25) is 0 Å². The fourth-order valence-electron chi connectivity index (χ4n) is 2.21. The van der Waals surface area contributed by atoms with Crippen molar-refractivity contribution in [1.29, 1.82) is 0 Å². The highest BCUT2D eigenvalue weighted by Gasteiger charge is 2.47. The van der Waals surface area contributed by atoms with Crippen LogP contribution in [0, 0.1) is 0 Å². The van der Waals surface area contributed by atoms with E-state index in [1.165, 1.54) is 13.2 Å². The second-order valence-corrected chi connectivity index (χ2v) is 5.10. The third-order valence-corrected chi connectivity index (χ3v) is 4.02. The Morgan fingerprint density at radius 3 is 2.53 bits per heavy atom. The summed E-state index contributed by atoms with van der Waals surface area (Å²) in [7, 11) is 1.50. The lowest BCUT2D eigenvalue weighted by Crippen LogP contribution is -2.42. The van der Waals surface area contributed by atoms with Gasteiger partial charge in [0, 0.05) is 11.6 Å². The molecule has 1 aliphatic rings. The number of aliphatic carboxylic acids is 1. The Morgan fingerprint density at radius 2 is 2.12 bits per heavy atom. The van der Waals surface area contributed by atoms with Crippen LogP contribution in [0.5, 0.6) is 11.5 Å². The van der Waals surface area contributed by atoms with Crippen LogP contribution in [0.1, 0.15) is 24.8 Å². The normalized spacial score (nSPS) is 17.3. The van der Waals surface area contributed by atoms with Gasteiger partial charge in [0.15, 0.2) is 0 Å². The molecule has 0 saturated heterocycles. The zero-order valence-electron chi connectivity index (χ0n) is 9.36. The van der Waals surface area contributed by atoms with Crippen LogP contribution in [0.15, 0.2) is 16.6 Å². The lowest BCUT2D eigenvalue weighted by Gasteiger charge is -2.38. The average Bonchev–Trinajstić information content (AvgIpc) is 2.20. The van der Waals surface area contributed by atoms with Gasteiger partial charge in [-0.05, 0) is 34.8 Å². The van der Waals surface area contributed by atoms with Crippen molar-refractivity contribution in [3.8, 4) is 11.5 Å². The van der Waals surface area contributed by atoms with Crippen LogP contribution >= 0.6 is 15.9 Å². The van der Waals surface area contributed by atoms with E-state index >= 15 is 0 Å². The highest BCUT2D eigenvalue weighted by Crippen LogP contribution is 2.49. The molecule has 4 nitrogen and oxygen atoms in total. The number of phenols is 1. The van der Waals surface area contributed by atoms with E-state index < -0.39 is 11.4 Å². The molecule has 1 aromatic carbocycles. The number of carboxylic acids is 1. The molecule has 0 aromatic heterocycles. The zero-order valence-corrected chi connectivity index (χ0v) is 11.0. The molecule has 1 aromatic rings. The number of phenolic OH excluding ortho intramolecular Hbond substituents is 1. The minimum atomic E-state index is -0.932. The maximum atomic E-state index is 11.4. The lowest BCUT2D eigenvalue weighted by atomic mass is 9.64. The predicted molar refractivity (Wildman–Crippen MR) is 65.5 cm³/mol. The summed E-state index contributed by atoms with van der Waals surface area (Å²) in [6.45, 7) is 0. The van der Waals surface area contributed by atoms with Crippen molar-refractivity contribution in [3.63, 3.8) is 0 Å². The van der Waals surface area contributed by atoms with Gasteiger partial charge >= 0.3 is 5.97 Å². The number of methoxy groups -OCH3 is 1. The Hall–Kier alpha value is -1.23. The number of rotatable bonds is 3. The Kier molecular flexibility index (Phi) is 3.03. The van der Waals surface area contributed by atoms with Crippen LogP contribution in [0.25, 0.3) is 0 Å². The molecule has 0 heterocycles. The number of ether oxygens (including phenoxy) is 1. The van der Waals surface area contributed by atoms with E-state index in [4.69, 9.17) is 4.74 Å². The average molecular weight is 301 g/mol. The molecular formula is C12H13BrO4. The fourth-order valence-corrected chi connectivity index (χ4v) is 2.72. The van der Waals surface area contributed by atoms with Gasteiger partial charge < -0.3 is 14.9 Å². The van der Waals surface area contributed by atoms with Crippen molar-refractivity contribution in [2.45, 2.75) is 24.7 Å². The smallest absolute Gasteiger partial charge is 0.314 e. The number of hydrogen-bond donors (Lipinski definition) is 2. The third-order valence-electron chi connectivity index (χ3n) is 3.40. The fraction of sp³-hybridized carbons (Fsp3) is 0.417. The summed E-state index contributed by atoms with van der Waals surface area (Å²) < 4.78 is 5.70. The molecule has 2 N–H and O–H groups in total. The van der Waals surface area contributed by atoms with Crippen LogP contribution in [0.4, 0.5) is 0 Å². The van der Waals surface area contributed by atoms with Gasteiger partial charge in [-0.15, -0.1) is 0 Å². The maximum absolute atomic E-state index is 11.4. The van der Waals surface area contributed by atoms with Gasteiger partial charge in [-0.3, -0.25) is 4.79 Å². The highest BCUT2D eigenvalue weighted by molar-refractivity contribution is 9.10.